The Kier molecular flexibility index (Phi) is 6.49. The van der Waals surface area contributed by atoms with Crippen LogP contribution in [0.25, 0.3) is 11.3 Å². The van der Waals surface area contributed by atoms with Crippen molar-refractivity contribution in [2.75, 3.05) is 40.0 Å². The molecule has 0 N–H and O–H groups in total. The molecule has 2 aromatic rings. The first-order chi connectivity index (χ1) is 14.5. The van der Waals surface area contributed by atoms with E-state index < -0.39 is 11.8 Å². The van der Waals surface area contributed by atoms with Crippen molar-refractivity contribution in [2.45, 2.75) is 31.7 Å². The van der Waals surface area contributed by atoms with Crippen molar-refractivity contribution in [1.82, 2.24) is 9.88 Å². The zero-order valence-electron chi connectivity index (χ0n) is 17.3. The lowest BCUT2D eigenvalue weighted by Gasteiger charge is -2.21. The Morgan fingerprint density at radius 1 is 1.20 bits per heavy atom. The molecule has 0 amide bonds. The number of alkyl halides is 2. The van der Waals surface area contributed by atoms with Crippen molar-refractivity contribution >= 4 is 0 Å². The molecule has 30 heavy (non-hydrogen) atoms. The molecule has 1 atom stereocenters. The van der Waals surface area contributed by atoms with Crippen LogP contribution in [0.2, 0.25) is 0 Å². The van der Waals surface area contributed by atoms with E-state index >= 15 is 0 Å². The number of nitrogens with zero attached hydrogens (tertiary/aromatic N) is 2. The highest BCUT2D eigenvalue weighted by atomic mass is 19.3. The van der Waals surface area contributed by atoms with Crippen molar-refractivity contribution in [3.63, 3.8) is 0 Å². The predicted octanol–water partition coefficient (Wildman–Crippen LogP) is 4.40. The molecule has 5 nitrogen and oxygen atoms in total. The molecule has 1 saturated heterocycles. The summed E-state index contributed by atoms with van der Waals surface area (Å²) in [6.07, 6.45) is 1.35. The van der Waals surface area contributed by atoms with Crippen molar-refractivity contribution < 1.29 is 23.0 Å². The van der Waals surface area contributed by atoms with Gasteiger partial charge in [0.05, 0.1) is 26.0 Å². The molecule has 1 aromatic carbocycles. The number of hydrogen-bond acceptors (Lipinski definition) is 5. The molecule has 0 spiro atoms. The predicted molar refractivity (Wildman–Crippen MR) is 110 cm³/mol. The second kappa shape index (κ2) is 9.27. The summed E-state index contributed by atoms with van der Waals surface area (Å²) < 4.78 is 43.1. The molecule has 1 saturated carbocycles. The Morgan fingerprint density at radius 2 is 2.07 bits per heavy atom. The van der Waals surface area contributed by atoms with Gasteiger partial charge in [0.25, 0.3) is 5.92 Å². The first kappa shape index (κ1) is 21.0. The van der Waals surface area contributed by atoms with Crippen LogP contribution in [0, 0.1) is 5.92 Å². The Morgan fingerprint density at radius 3 is 2.87 bits per heavy atom. The average molecular weight is 418 g/mol. The first-order valence-corrected chi connectivity index (χ1v) is 10.5. The van der Waals surface area contributed by atoms with Crippen LogP contribution in [0.4, 0.5) is 8.78 Å². The largest absolute Gasteiger partial charge is 0.493 e. The quantitative estimate of drug-likeness (QED) is 0.636. The van der Waals surface area contributed by atoms with Gasteiger partial charge in [-0.15, -0.1) is 0 Å². The second-order valence-electron chi connectivity index (χ2n) is 7.93. The maximum absolute atomic E-state index is 13.2. The van der Waals surface area contributed by atoms with Crippen molar-refractivity contribution in [3.8, 4) is 22.9 Å². The molecule has 2 heterocycles. The summed E-state index contributed by atoms with van der Waals surface area (Å²) in [6, 6.07) is 11.6. The number of benzene rings is 1. The Bertz CT molecular complexity index is 854. The third-order valence-corrected chi connectivity index (χ3v) is 5.68. The van der Waals surface area contributed by atoms with Gasteiger partial charge >= 0.3 is 0 Å². The lowest BCUT2D eigenvalue weighted by atomic mass is 10.1. The fourth-order valence-electron chi connectivity index (χ4n) is 3.78. The van der Waals surface area contributed by atoms with Gasteiger partial charge in [0.15, 0.2) is 0 Å². The van der Waals surface area contributed by atoms with Crippen LogP contribution in [0.15, 0.2) is 36.4 Å². The van der Waals surface area contributed by atoms with Crippen LogP contribution in [-0.4, -0.2) is 55.8 Å². The van der Waals surface area contributed by atoms with Gasteiger partial charge in [0, 0.05) is 55.8 Å². The summed E-state index contributed by atoms with van der Waals surface area (Å²) in [5.41, 5.74) is 2.82. The standard InChI is InChI=1S/C23H28F2N2O3/c1-28-22-5-2-4-20(26-22)17-6-7-21(30-12-8-19-15-23(19,24)25)18(14-17)16-27-9-3-11-29-13-10-27/h2,4-7,14,19H,3,8-13,15-16H2,1H3. The fourth-order valence-corrected chi connectivity index (χ4v) is 3.78. The molecule has 1 aliphatic heterocycles. The van der Waals surface area contributed by atoms with Crippen LogP contribution >= 0.6 is 0 Å². The normalized spacial score (nSPS) is 21.1. The van der Waals surface area contributed by atoms with E-state index in [4.69, 9.17) is 14.2 Å². The lowest BCUT2D eigenvalue weighted by molar-refractivity contribution is 0.0929. The molecular formula is C23H28F2N2O3. The molecule has 2 fully saturated rings. The summed E-state index contributed by atoms with van der Waals surface area (Å²) >= 11 is 0. The number of methoxy groups -OCH3 is 1. The molecule has 7 heteroatoms. The number of hydrogen-bond donors (Lipinski definition) is 0. The van der Waals surface area contributed by atoms with E-state index in [-0.39, 0.29) is 6.42 Å². The monoisotopic (exact) mass is 418 g/mol. The molecule has 162 valence electrons. The van der Waals surface area contributed by atoms with E-state index in [1.807, 2.05) is 30.3 Å². The number of rotatable bonds is 8. The highest BCUT2D eigenvalue weighted by molar-refractivity contribution is 5.62. The molecule has 1 aliphatic carbocycles. The van der Waals surface area contributed by atoms with E-state index in [1.54, 1.807) is 7.11 Å². The minimum Gasteiger partial charge on any atom is -0.493 e. The Balaban J connectivity index is 1.52. The van der Waals surface area contributed by atoms with Gasteiger partial charge in [-0.2, -0.15) is 0 Å². The molecule has 4 rings (SSSR count). The zero-order valence-corrected chi connectivity index (χ0v) is 17.3. The second-order valence-corrected chi connectivity index (χ2v) is 7.93. The lowest BCUT2D eigenvalue weighted by Crippen LogP contribution is -2.26. The maximum atomic E-state index is 13.2. The van der Waals surface area contributed by atoms with E-state index in [0.29, 0.717) is 25.5 Å². The number of ether oxygens (including phenoxy) is 3. The maximum Gasteiger partial charge on any atom is 0.251 e. The molecule has 2 aliphatic rings. The fraction of sp³-hybridized carbons (Fsp3) is 0.522. The van der Waals surface area contributed by atoms with Crippen LogP contribution in [0.5, 0.6) is 11.6 Å². The summed E-state index contributed by atoms with van der Waals surface area (Å²) in [4.78, 5) is 6.86. The van der Waals surface area contributed by atoms with Gasteiger partial charge in [0.2, 0.25) is 5.88 Å². The van der Waals surface area contributed by atoms with Crippen LogP contribution < -0.4 is 9.47 Å². The smallest absolute Gasteiger partial charge is 0.251 e. The number of pyridine rings is 1. The van der Waals surface area contributed by atoms with Gasteiger partial charge in [-0.3, -0.25) is 4.90 Å². The average Bonchev–Trinajstić information content (AvgIpc) is 3.44. The zero-order chi connectivity index (χ0) is 21.0. The van der Waals surface area contributed by atoms with E-state index in [2.05, 4.69) is 16.0 Å². The Hall–Kier alpha value is -2.25. The highest BCUT2D eigenvalue weighted by Gasteiger charge is 2.56. The van der Waals surface area contributed by atoms with Gasteiger partial charge < -0.3 is 14.2 Å². The topological polar surface area (TPSA) is 43.8 Å². The van der Waals surface area contributed by atoms with E-state index in [1.165, 1.54) is 0 Å². The summed E-state index contributed by atoms with van der Waals surface area (Å²) in [6.45, 7) is 4.32. The first-order valence-electron chi connectivity index (χ1n) is 10.5. The van der Waals surface area contributed by atoms with Crippen LogP contribution in [0.3, 0.4) is 0 Å². The third-order valence-electron chi connectivity index (χ3n) is 5.68. The minimum atomic E-state index is -2.50. The third kappa shape index (κ3) is 5.26. The van der Waals surface area contributed by atoms with Crippen molar-refractivity contribution in [1.29, 1.82) is 0 Å². The summed E-state index contributed by atoms with van der Waals surface area (Å²) in [7, 11) is 1.60. The summed E-state index contributed by atoms with van der Waals surface area (Å²) in [5, 5.41) is 0. The van der Waals surface area contributed by atoms with Crippen LogP contribution in [-0.2, 0) is 11.3 Å². The van der Waals surface area contributed by atoms with Gasteiger partial charge in [0.1, 0.15) is 5.75 Å². The van der Waals surface area contributed by atoms with E-state index in [9.17, 15) is 8.78 Å². The van der Waals surface area contributed by atoms with Gasteiger partial charge in [-0.1, -0.05) is 6.07 Å². The Labute approximate surface area is 176 Å². The molecule has 1 unspecified atom stereocenters. The van der Waals surface area contributed by atoms with Crippen molar-refractivity contribution in [3.05, 3.63) is 42.0 Å². The molecule has 1 aromatic heterocycles. The summed E-state index contributed by atoms with van der Waals surface area (Å²) in [5.74, 6) is -1.73. The molecule has 0 radical (unpaired) electrons. The van der Waals surface area contributed by atoms with Gasteiger partial charge in [-0.25, -0.2) is 13.8 Å². The molecular weight excluding hydrogens is 390 g/mol. The number of halogens is 2. The molecule has 0 bridgehead atoms. The number of aromatic nitrogens is 1. The van der Waals surface area contributed by atoms with Gasteiger partial charge in [-0.05, 0) is 37.1 Å². The SMILES string of the molecule is COc1cccc(-c2ccc(OCCC3CC3(F)F)c(CN3CCCOCC3)c2)n1. The van der Waals surface area contributed by atoms with Crippen molar-refractivity contribution in [2.24, 2.45) is 5.92 Å². The van der Waals surface area contributed by atoms with E-state index in [0.717, 1.165) is 55.2 Å². The van der Waals surface area contributed by atoms with Crippen LogP contribution in [0.1, 0.15) is 24.8 Å². The minimum absolute atomic E-state index is 0.0164. The highest BCUT2D eigenvalue weighted by Crippen LogP contribution is 2.50.